The third kappa shape index (κ3) is 5.46. The quantitative estimate of drug-likeness (QED) is 0.250. The van der Waals surface area contributed by atoms with Crippen molar-refractivity contribution in [3.63, 3.8) is 0 Å². The molecule has 0 aliphatic carbocycles. The average Bonchev–Trinajstić information content (AvgIpc) is 2.97. The van der Waals surface area contributed by atoms with Gasteiger partial charge in [0.15, 0.2) is 6.10 Å². The smallest absolute Gasteiger partial charge is 0.316 e. The number of ether oxygens (including phenoxy) is 4. The van der Waals surface area contributed by atoms with E-state index in [-0.39, 0.29) is 12.1 Å². The van der Waals surface area contributed by atoms with Crippen molar-refractivity contribution in [1.82, 2.24) is 4.90 Å². The van der Waals surface area contributed by atoms with Crippen molar-refractivity contribution in [1.29, 1.82) is 0 Å². The molecule has 3 aromatic rings. The van der Waals surface area contributed by atoms with Crippen molar-refractivity contribution in [3.8, 4) is 23.0 Å². The molecular weight excluding hydrogens is 502 g/mol. The Morgan fingerprint density at radius 1 is 0.900 bits per heavy atom. The van der Waals surface area contributed by atoms with Crippen molar-refractivity contribution >= 4 is 17.1 Å². The zero-order valence-electron chi connectivity index (χ0n) is 23.6. The van der Waals surface area contributed by atoms with E-state index < -0.39 is 5.41 Å². The maximum absolute atomic E-state index is 12.5. The lowest BCUT2D eigenvalue weighted by Gasteiger charge is -2.35. The van der Waals surface area contributed by atoms with Gasteiger partial charge in [-0.3, -0.25) is 9.69 Å². The average molecular weight is 540 g/mol. The normalized spacial score (nSPS) is 18.5. The molecule has 3 aliphatic rings. The van der Waals surface area contributed by atoms with E-state index in [9.17, 15) is 4.79 Å². The largest absolute Gasteiger partial charge is 0.492 e. The summed E-state index contributed by atoms with van der Waals surface area (Å²) < 4.78 is 24.6. The molecule has 40 heavy (non-hydrogen) atoms. The van der Waals surface area contributed by atoms with Gasteiger partial charge in [-0.05, 0) is 82.6 Å². The highest BCUT2D eigenvalue weighted by molar-refractivity contribution is 5.99. The standard InChI is InChI=1S/C34H37NO5/c1-34(2,3)33(36)39-25-15-16-26-28-22-38-29-10-6-5-9-27(29)31(28)32(40-30(26)21-25)23-11-13-24(14-12-23)37-20-19-35-17-7-4-8-18-35/h5-6,9-16,21,32H,4,7-8,17-20,22H2,1-3H3/t32-/m1/s1. The van der Waals surface area contributed by atoms with Gasteiger partial charge in [0.05, 0.1) is 5.41 Å². The van der Waals surface area contributed by atoms with Crippen LogP contribution in [0.1, 0.15) is 62.8 Å². The van der Waals surface area contributed by atoms with Crippen LogP contribution in [-0.2, 0) is 4.79 Å². The van der Waals surface area contributed by atoms with E-state index in [2.05, 4.69) is 23.1 Å². The van der Waals surface area contributed by atoms with Gasteiger partial charge in [0.25, 0.3) is 0 Å². The van der Waals surface area contributed by atoms with E-state index in [0.717, 1.165) is 45.9 Å². The highest BCUT2D eigenvalue weighted by Crippen LogP contribution is 2.51. The van der Waals surface area contributed by atoms with Crippen LogP contribution in [0.15, 0.2) is 66.7 Å². The zero-order chi connectivity index (χ0) is 27.7. The van der Waals surface area contributed by atoms with Crippen molar-refractivity contribution in [3.05, 3.63) is 83.4 Å². The molecule has 0 amide bonds. The van der Waals surface area contributed by atoms with Crippen LogP contribution >= 0.6 is 0 Å². The Balaban J connectivity index is 1.28. The molecule has 1 saturated heterocycles. The van der Waals surface area contributed by atoms with Crippen LogP contribution in [-0.4, -0.2) is 43.7 Å². The number of nitrogens with zero attached hydrogens (tertiary/aromatic N) is 1. The Labute approximate surface area is 236 Å². The molecule has 0 N–H and O–H groups in total. The van der Waals surface area contributed by atoms with Crippen molar-refractivity contribution in [2.75, 3.05) is 32.8 Å². The number of para-hydroxylation sites is 1. The van der Waals surface area contributed by atoms with E-state index in [1.165, 1.54) is 32.4 Å². The molecule has 0 aromatic heterocycles. The van der Waals surface area contributed by atoms with Gasteiger partial charge in [-0.15, -0.1) is 0 Å². The fourth-order valence-electron chi connectivity index (χ4n) is 5.54. The van der Waals surface area contributed by atoms with Crippen LogP contribution in [0.25, 0.3) is 11.1 Å². The SMILES string of the molecule is CC(C)(C)C(=O)Oc1ccc2c(c1)O[C@H](c1ccc(OCCN3CCCCC3)cc1)C1=C2COc2ccccc21. The number of hydrogen-bond donors (Lipinski definition) is 0. The molecule has 1 atom stereocenters. The number of carbonyl (C=O) groups is 1. The van der Waals surface area contributed by atoms with Crippen molar-refractivity contribution < 1.29 is 23.7 Å². The van der Waals surface area contributed by atoms with Gasteiger partial charge < -0.3 is 18.9 Å². The van der Waals surface area contributed by atoms with E-state index in [0.29, 0.717) is 24.7 Å². The van der Waals surface area contributed by atoms with Gasteiger partial charge in [0.2, 0.25) is 0 Å². The number of esters is 1. The molecular formula is C34H37NO5. The molecule has 3 heterocycles. The van der Waals surface area contributed by atoms with Crippen LogP contribution in [0.3, 0.4) is 0 Å². The van der Waals surface area contributed by atoms with Crippen LogP contribution in [0, 0.1) is 5.41 Å². The summed E-state index contributed by atoms with van der Waals surface area (Å²) in [5.41, 5.74) is 4.59. The first-order chi connectivity index (χ1) is 19.4. The van der Waals surface area contributed by atoms with E-state index in [4.69, 9.17) is 18.9 Å². The topological polar surface area (TPSA) is 57.2 Å². The minimum absolute atomic E-state index is 0.287. The summed E-state index contributed by atoms with van der Waals surface area (Å²) in [7, 11) is 0. The Bertz CT molecular complexity index is 1410. The van der Waals surface area contributed by atoms with Gasteiger partial charge >= 0.3 is 5.97 Å². The van der Waals surface area contributed by atoms with Crippen LogP contribution in [0.5, 0.6) is 23.0 Å². The Morgan fingerprint density at radius 2 is 1.65 bits per heavy atom. The summed E-state index contributed by atoms with van der Waals surface area (Å²) >= 11 is 0. The first kappa shape index (κ1) is 26.5. The second-order valence-electron chi connectivity index (χ2n) is 11.8. The first-order valence-electron chi connectivity index (χ1n) is 14.3. The summed E-state index contributed by atoms with van der Waals surface area (Å²) in [5, 5.41) is 0. The molecule has 208 valence electrons. The molecule has 0 radical (unpaired) electrons. The highest BCUT2D eigenvalue weighted by atomic mass is 16.5. The van der Waals surface area contributed by atoms with Gasteiger partial charge in [0.1, 0.15) is 36.2 Å². The minimum Gasteiger partial charge on any atom is -0.492 e. The van der Waals surface area contributed by atoms with Crippen LogP contribution in [0.4, 0.5) is 0 Å². The Morgan fingerprint density at radius 3 is 2.42 bits per heavy atom. The lowest BCUT2D eigenvalue weighted by molar-refractivity contribution is -0.143. The molecule has 0 saturated carbocycles. The van der Waals surface area contributed by atoms with Gasteiger partial charge in [-0.1, -0.05) is 36.8 Å². The Kier molecular flexibility index (Phi) is 7.28. The highest BCUT2D eigenvalue weighted by Gasteiger charge is 2.35. The van der Waals surface area contributed by atoms with E-state index in [1.807, 2.05) is 69.3 Å². The summed E-state index contributed by atoms with van der Waals surface area (Å²) in [4.78, 5) is 15.0. The van der Waals surface area contributed by atoms with Gasteiger partial charge in [-0.25, -0.2) is 0 Å². The molecule has 6 heteroatoms. The predicted molar refractivity (Wildman–Crippen MR) is 156 cm³/mol. The van der Waals surface area contributed by atoms with Crippen LogP contribution in [0.2, 0.25) is 0 Å². The van der Waals surface area contributed by atoms with Gasteiger partial charge in [-0.2, -0.15) is 0 Å². The van der Waals surface area contributed by atoms with E-state index in [1.54, 1.807) is 0 Å². The summed E-state index contributed by atoms with van der Waals surface area (Å²) in [6, 6.07) is 21.9. The molecule has 3 aliphatic heterocycles. The molecule has 3 aromatic carbocycles. The number of fused-ring (bicyclic) bond motifs is 4. The second-order valence-corrected chi connectivity index (χ2v) is 11.8. The third-order valence-corrected chi connectivity index (χ3v) is 7.79. The summed E-state index contributed by atoms with van der Waals surface area (Å²) in [6.45, 7) is 9.95. The van der Waals surface area contributed by atoms with Gasteiger partial charge in [0, 0.05) is 34.9 Å². The lowest BCUT2D eigenvalue weighted by Crippen LogP contribution is -2.33. The number of carbonyl (C=O) groups excluding carboxylic acids is 1. The number of hydrogen-bond acceptors (Lipinski definition) is 6. The van der Waals surface area contributed by atoms with Crippen molar-refractivity contribution in [2.45, 2.75) is 46.1 Å². The molecule has 0 bridgehead atoms. The second kappa shape index (κ2) is 11.0. The maximum Gasteiger partial charge on any atom is 0.316 e. The molecule has 6 nitrogen and oxygen atoms in total. The first-order valence-corrected chi connectivity index (χ1v) is 14.3. The van der Waals surface area contributed by atoms with E-state index >= 15 is 0 Å². The lowest BCUT2D eigenvalue weighted by atomic mass is 9.84. The summed E-state index contributed by atoms with van der Waals surface area (Å²) in [5.74, 6) is 2.57. The molecule has 6 rings (SSSR count). The number of likely N-dealkylation sites (tertiary alicyclic amines) is 1. The number of piperidine rings is 1. The fraction of sp³-hybridized carbons (Fsp3) is 0.382. The summed E-state index contributed by atoms with van der Waals surface area (Å²) in [6.07, 6.45) is 3.56. The fourth-order valence-corrected chi connectivity index (χ4v) is 5.54. The maximum atomic E-state index is 12.5. The minimum atomic E-state index is -0.604. The number of rotatable bonds is 6. The zero-order valence-corrected chi connectivity index (χ0v) is 23.6. The van der Waals surface area contributed by atoms with Crippen LogP contribution < -0.4 is 18.9 Å². The Hall–Kier alpha value is -3.77. The molecule has 1 fully saturated rings. The van der Waals surface area contributed by atoms with Crippen molar-refractivity contribution in [2.24, 2.45) is 5.41 Å². The predicted octanol–water partition coefficient (Wildman–Crippen LogP) is 6.94. The monoisotopic (exact) mass is 539 g/mol. The molecule has 0 unspecified atom stereocenters. The number of benzene rings is 3. The molecule has 0 spiro atoms. The third-order valence-electron chi connectivity index (χ3n) is 7.79.